The van der Waals surface area contributed by atoms with Gasteiger partial charge in [-0.2, -0.15) is 0 Å². The third-order valence-electron chi connectivity index (χ3n) is 3.31. The number of halogens is 2. The fourth-order valence-electron chi connectivity index (χ4n) is 2.02. The van der Waals surface area contributed by atoms with Crippen molar-refractivity contribution in [2.45, 2.75) is 38.0 Å². The van der Waals surface area contributed by atoms with E-state index in [-0.39, 0.29) is 11.2 Å². The molecule has 1 aliphatic carbocycles. The molecule has 82 valence electrons. The molecule has 1 aliphatic rings. The minimum Gasteiger partial charge on any atom is -0.207 e. The van der Waals surface area contributed by atoms with Gasteiger partial charge in [-0.3, -0.25) is 0 Å². The summed E-state index contributed by atoms with van der Waals surface area (Å²) in [5.74, 6) is 0.643. The normalized spacial score (nSPS) is 18.6. The Morgan fingerprint density at radius 1 is 1.47 bits per heavy atom. The lowest BCUT2D eigenvalue weighted by Crippen LogP contribution is -2.13. The van der Waals surface area contributed by atoms with Gasteiger partial charge in [0.05, 0.1) is 5.38 Å². The van der Waals surface area contributed by atoms with Crippen molar-refractivity contribution in [2.24, 2.45) is 5.92 Å². The fraction of sp³-hybridized carbons (Fsp3) is 0.538. The second kappa shape index (κ2) is 4.52. The molecule has 0 amide bonds. The summed E-state index contributed by atoms with van der Waals surface area (Å²) >= 11 is 6.32. The van der Waals surface area contributed by atoms with E-state index in [4.69, 9.17) is 11.6 Å². The molecule has 1 unspecified atom stereocenters. The van der Waals surface area contributed by atoms with E-state index in [1.165, 1.54) is 25.3 Å². The highest BCUT2D eigenvalue weighted by molar-refractivity contribution is 6.20. The van der Waals surface area contributed by atoms with E-state index in [2.05, 4.69) is 0 Å². The average Bonchev–Trinajstić information content (AvgIpc) is 2.15. The van der Waals surface area contributed by atoms with Crippen molar-refractivity contribution in [3.05, 3.63) is 35.1 Å². The molecule has 0 radical (unpaired) electrons. The molecule has 0 nitrogen and oxygen atoms in total. The molecule has 0 N–H and O–H groups in total. The molecule has 1 fully saturated rings. The molecule has 0 aromatic heterocycles. The van der Waals surface area contributed by atoms with Crippen LogP contribution in [0.4, 0.5) is 4.39 Å². The van der Waals surface area contributed by atoms with Crippen molar-refractivity contribution in [1.29, 1.82) is 0 Å². The molecule has 15 heavy (non-hydrogen) atoms. The molecule has 1 aromatic rings. The first kappa shape index (κ1) is 10.9. The third-order valence-corrected chi connectivity index (χ3v) is 3.74. The van der Waals surface area contributed by atoms with Crippen LogP contribution in [0.5, 0.6) is 0 Å². The van der Waals surface area contributed by atoms with Crippen LogP contribution in [0.2, 0.25) is 0 Å². The largest absolute Gasteiger partial charge is 0.207 e. The smallest absolute Gasteiger partial charge is 0.126 e. The zero-order chi connectivity index (χ0) is 10.8. The molecule has 2 rings (SSSR count). The number of aryl methyl sites for hydroxylation is 1. The van der Waals surface area contributed by atoms with Gasteiger partial charge in [0.15, 0.2) is 0 Å². The Morgan fingerprint density at radius 2 is 2.20 bits per heavy atom. The highest BCUT2D eigenvalue weighted by atomic mass is 35.5. The van der Waals surface area contributed by atoms with Crippen LogP contribution in [0.1, 0.15) is 42.2 Å². The maximum Gasteiger partial charge on any atom is 0.126 e. The summed E-state index contributed by atoms with van der Waals surface area (Å²) in [4.78, 5) is 0. The van der Waals surface area contributed by atoms with Gasteiger partial charge in [0, 0.05) is 0 Å². The molecular weight excluding hydrogens is 211 g/mol. The van der Waals surface area contributed by atoms with Crippen LogP contribution in [0.3, 0.4) is 0 Å². The number of benzene rings is 1. The Balaban J connectivity index is 2.03. The highest BCUT2D eigenvalue weighted by Gasteiger charge is 2.21. The minimum absolute atomic E-state index is 0.0506. The number of rotatable bonds is 3. The SMILES string of the molecule is Cc1cc(C(Cl)CC2CCC2)ccc1F. The Bertz CT molecular complexity index is 344. The van der Waals surface area contributed by atoms with Crippen molar-refractivity contribution in [3.63, 3.8) is 0 Å². The van der Waals surface area contributed by atoms with Crippen LogP contribution >= 0.6 is 11.6 Å². The predicted molar refractivity (Wildman–Crippen MR) is 61.7 cm³/mol. The summed E-state index contributed by atoms with van der Waals surface area (Å²) < 4.78 is 13.1. The molecular formula is C13H16ClF. The lowest BCUT2D eigenvalue weighted by molar-refractivity contribution is 0.293. The summed E-state index contributed by atoms with van der Waals surface area (Å²) in [6.45, 7) is 1.78. The summed E-state index contributed by atoms with van der Waals surface area (Å²) in [7, 11) is 0. The zero-order valence-corrected chi connectivity index (χ0v) is 9.73. The quantitative estimate of drug-likeness (QED) is 0.661. The number of hydrogen-bond acceptors (Lipinski definition) is 0. The molecule has 0 aliphatic heterocycles. The van der Waals surface area contributed by atoms with Gasteiger partial charge in [-0.05, 0) is 36.5 Å². The third kappa shape index (κ3) is 2.52. The molecule has 1 aromatic carbocycles. The zero-order valence-electron chi connectivity index (χ0n) is 8.97. The van der Waals surface area contributed by atoms with Crippen molar-refractivity contribution in [3.8, 4) is 0 Å². The van der Waals surface area contributed by atoms with E-state index < -0.39 is 0 Å². The van der Waals surface area contributed by atoms with E-state index in [1.807, 2.05) is 6.07 Å². The van der Waals surface area contributed by atoms with Gasteiger partial charge in [-0.1, -0.05) is 31.4 Å². The van der Waals surface area contributed by atoms with Crippen LogP contribution in [-0.2, 0) is 0 Å². The first-order valence-electron chi connectivity index (χ1n) is 5.57. The van der Waals surface area contributed by atoms with Gasteiger partial charge >= 0.3 is 0 Å². The van der Waals surface area contributed by atoms with Crippen LogP contribution in [-0.4, -0.2) is 0 Å². The van der Waals surface area contributed by atoms with E-state index >= 15 is 0 Å². The van der Waals surface area contributed by atoms with E-state index in [0.717, 1.165) is 17.9 Å². The predicted octanol–water partition coefficient (Wildman–Crippen LogP) is 4.60. The van der Waals surface area contributed by atoms with Crippen LogP contribution in [0.25, 0.3) is 0 Å². The minimum atomic E-state index is -0.147. The van der Waals surface area contributed by atoms with Gasteiger partial charge in [0.25, 0.3) is 0 Å². The van der Waals surface area contributed by atoms with Gasteiger partial charge < -0.3 is 0 Å². The molecule has 0 bridgehead atoms. The highest BCUT2D eigenvalue weighted by Crippen LogP contribution is 2.37. The topological polar surface area (TPSA) is 0 Å². The number of alkyl halides is 1. The monoisotopic (exact) mass is 226 g/mol. The second-order valence-corrected chi connectivity index (χ2v) is 5.04. The van der Waals surface area contributed by atoms with Crippen molar-refractivity contribution in [2.75, 3.05) is 0 Å². The molecule has 1 saturated carbocycles. The molecule has 1 atom stereocenters. The summed E-state index contributed by atoms with van der Waals surface area (Å²) in [6, 6.07) is 5.19. The Labute approximate surface area is 95.4 Å². The summed E-state index contributed by atoms with van der Waals surface area (Å²) in [5, 5.41) is 0.0506. The van der Waals surface area contributed by atoms with Crippen molar-refractivity contribution >= 4 is 11.6 Å². The van der Waals surface area contributed by atoms with E-state index in [1.54, 1.807) is 13.0 Å². The van der Waals surface area contributed by atoms with Gasteiger partial charge in [0.1, 0.15) is 5.82 Å². The van der Waals surface area contributed by atoms with E-state index in [0.29, 0.717) is 5.56 Å². The molecule has 0 heterocycles. The van der Waals surface area contributed by atoms with Crippen LogP contribution in [0, 0.1) is 18.7 Å². The Morgan fingerprint density at radius 3 is 2.73 bits per heavy atom. The van der Waals surface area contributed by atoms with Crippen molar-refractivity contribution < 1.29 is 4.39 Å². The average molecular weight is 227 g/mol. The van der Waals surface area contributed by atoms with Gasteiger partial charge in [-0.15, -0.1) is 11.6 Å². The standard InChI is InChI=1S/C13H16ClF/c1-9-7-11(5-6-13(9)15)12(14)8-10-3-2-4-10/h5-7,10,12H,2-4,8H2,1H3. The Kier molecular flexibility index (Phi) is 3.30. The Hall–Kier alpha value is -0.560. The fourth-order valence-corrected chi connectivity index (χ4v) is 2.41. The lowest BCUT2D eigenvalue weighted by Gasteiger charge is -2.27. The van der Waals surface area contributed by atoms with Crippen LogP contribution in [0.15, 0.2) is 18.2 Å². The molecule has 0 spiro atoms. The lowest BCUT2D eigenvalue weighted by atomic mass is 9.81. The molecule has 2 heteroatoms. The number of hydrogen-bond donors (Lipinski definition) is 0. The van der Waals surface area contributed by atoms with Crippen LogP contribution < -0.4 is 0 Å². The van der Waals surface area contributed by atoms with Crippen molar-refractivity contribution in [1.82, 2.24) is 0 Å². The second-order valence-electron chi connectivity index (χ2n) is 4.51. The maximum absolute atomic E-state index is 13.1. The maximum atomic E-state index is 13.1. The molecule has 0 saturated heterocycles. The summed E-state index contributed by atoms with van der Waals surface area (Å²) in [5.41, 5.74) is 1.74. The van der Waals surface area contributed by atoms with Gasteiger partial charge in [0.2, 0.25) is 0 Å². The van der Waals surface area contributed by atoms with E-state index in [9.17, 15) is 4.39 Å². The first-order chi connectivity index (χ1) is 7.16. The summed E-state index contributed by atoms with van der Waals surface area (Å²) in [6.07, 6.45) is 5.00. The first-order valence-corrected chi connectivity index (χ1v) is 6.00. The van der Waals surface area contributed by atoms with Gasteiger partial charge in [-0.25, -0.2) is 4.39 Å².